The second-order valence-electron chi connectivity index (χ2n) is 8.81. The van der Waals surface area contributed by atoms with Gasteiger partial charge >= 0.3 is 5.97 Å². The summed E-state index contributed by atoms with van der Waals surface area (Å²) in [5, 5.41) is 2.76. The maximum Gasteiger partial charge on any atom is 0.338 e. The zero-order chi connectivity index (χ0) is 20.8. The minimum Gasteiger partial charge on any atom is -0.456 e. The number of benzene rings is 1. The number of esters is 1. The lowest BCUT2D eigenvalue weighted by atomic mass is 10.1. The third-order valence-corrected chi connectivity index (χ3v) is 7.07. The Balaban J connectivity index is 1.73. The number of hydrogen-bond donors (Lipinski definition) is 1. The van der Waals surface area contributed by atoms with Gasteiger partial charge in [0.2, 0.25) is 0 Å². The highest BCUT2D eigenvalue weighted by Gasteiger charge is 2.38. The van der Waals surface area contributed by atoms with Gasteiger partial charge in [0, 0.05) is 5.69 Å². The highest BCUT2D eigenvalue weighted by molar-refractivity contribution is 7.92. The molecule has 0 saturated heterocycles. The first kappa shape index (κ1) is 19.9. The molecule has 4 rings (SSSR count). The Hall–Kier alpha value is -2.41. The van der Waals surface area contributed by atoms with Crippen molar-refractivity contribution in [2.75, 3.05) is 5.32 Å². The van der Waals surface area contributed by atoms with Crippen molar-refractivity contribution in [1.29, 1.82) is 0 Å². The zero-order valence-corrected chi connectivity index (χ0v) is 17.8. The Labute approximate surface area is 171 Å². The van der Waals surface area contributed by atoms with E-state index in [-0.39, 0.29) is 10.6 Å². The molecule has 0 aliphatic heterocycles. The van der Waals surface area contributed by atoms with Crippen LogP contribution < -0.4 is 5.32 Å². The fraction of sp³-hybridized carbons (Fsp3) is 0.455. The molecule has 0 spiro atoms. The van der Waals surface area contributed by atoms with Crippen molar-refractivity contribution in [1.82, 2.24) is 4.98 Å². The number of carbonyl (C=O) groups is 1. The van der Waals surface area contributed by atoms with Crippen LogP contribution in [0.4, 0.5) is 11.5 Å². The van der Waals surface area contributed by atoms with Crippen molar-refractivity contribution >= 4 is 27.3 Å². The van der Waals surface area contributed by atoms with E-state index in [2.05, 4.69) is 16.4 Å². The molecule has 2 aliphatic rings. The maximum atomic E-state index is 12.8. The van der Waals surface area contributed by atoms with E-state index in [1.54, 1.807) is 26.8 Å². The Morgan fingerprint density at radius 3 is 2.41 bits per heavy atom. The van der Waals surface area contributed by atoms with Crippen LogP contribution in [-0.4, -0.2) is 30.2 Å². The van der Waals surface area contributed by atoms with Crippen molar-refractivity contribution in [2.45, 2.75) is 68.2 Å². The number of ether oxygens (including phenoxy) is 1. The highest BCUT2D eigenvalue weighted by Crippen LogP contribution is 2.44. The van der Waals surface area contributed by atoms with Gasteiger partial charge < -0.3 is 10.1 Å². The molecule has 2 aromatic rings. The van der Waals surface area contributed by atoms with Crippen LogP contribution in [0.3, 0.4) is 0 Å². The Kier molecular flexibility index (Phi) is 4.89. The molecule has 2 aliphatic carbocycles. The summed E-state index contributed by atoms with van der Waals surface area (Å²) in [6.45, 7) is 5.33. The minimum absolute atomic E-state index is 0.0743. The lowest BCUT2D eigenvalue weighted by Gasteiger charge is -2.20. The number of nitrogens with one attached hydrogen (secondary N) is 1. The van der Waals surface area contributed by atoms with Gasteiger partial charge in [-0.05, 0) is 76.1 Å². The molecule has 0 atom stereocenters. The lowest BCUT2D eigenvalue weighted by Crippen LogP contribution is -2.24. The van der Waals surface area contributed by atoms with Crippen LogP contribution >= 0.6 is 0 Å². The number of carbonyl (C=O) groups excluding carboxylic acids is 1. The SMILES string of the molecule is CC(C)(C)OC(=O)c1cc(Nc2ccccc2C2CC2)nc(S(=O)(=O)C2CC2)c1. The van der Waals surface area contributed by atoms with E-state index in [1.165, 1.54) is 11.6 Å². The van der Waals surface area contributed by atoms with E-state index >= 15 is 0 Å². The van der Waals surface area contributed by atoms with Crippen molar-refractivity contribution in [3.05, 3.63) is 47.5 Å². The standard InChI is InChI=1S/C22H26N2O4S/c1-22(2,3)28-21(25)15-12-19(24-20(13-15)29(26,27)16-10-11-16)23-18-7-5-4-6-17(18)14-8-9-14/h4-7,12-14,16H,8-11H2,1-3H3,(H,23,24). The van der Waals surface area contributed by atoms with E-state index in [1.807, 2.05) is 18.2 Å². The molecule has 7 heteroatoms. The number of nitrogens with zero attached hydrogens (tertiary/aromatic N) is 1. The van der Waals surface area contributed by atoms with E-state index in [0.717, 1.165) is 18.5 Å². The molecule has 1 aromatic carbocycles. The number of pyridine rings is 1. The molecule has 29 heavy (non-hydrogen) atoms. The van der Waals surface area contributed by atoms with Crippen LogP contribution in [0.25, 0.3) is 0 Å². The Morgan fingerprint density at radius 1 is 1.10 bits per heavy atom. The van der Waals surface area contributed by atoms with Crippen molar-refractivity contribution in [2.24, 2.45) is 0 Å². The van der Waals surface area contributed by atoms with Gasteiger partial charge in [-0.3, -0.25) is 0 Å². The molecule has 0 radical (unpaired) electrons. The average molecular weight is 415 g/mol. The molecule has 0 bridgehead atoms. The second-order valence-corrected chi connectivity index (χ2v) is 11.0. The molecule has 2 fully saturated rings. The minimum atomic E-state index is -3.55. The van der Waals surface area contributed by atoms with Gasteiger partial charge in [-0.2, -0.15) is 0 Å². The normalized spacial score (nSPS) is 17.1. The van der Waals surface area contributed by atoms with E-state index < -0.39 is 26.7 Å². The van der Waals surface area contributed by atoms with Gasteiger partial charge in [0.25, 0.3) is 0 Å². The highest BCUT2D eigenvalue weighted by atomic mass is 32.2. The maximum absolute atomic E-state index is 12.8. The molecule has 1 aromatic heterocycles. The van der Waals surface area contributed by atoms with Crippen LogP contribution in [0.2, 0.25) is 0 Å². The Bertz CT molecular complexity index is 1050. The number of rotatable bonds is 6. The summed E-state index contributed by atoms with van der Waals surface area (Å²) in [5.41, 5.74) is 1.57. The topological polar surface area (TPSA) is 85.4 Å². The summed E-state index contributed by atoms with van der Waals surface area (Å²) in [6.07, 6.45) is 3.55. The third kappa shape index (κ3) is 4.61. The molecular weight excluding hydrogens is 388 g/mol. The molecule has 154 valence electrons. The van der Waals surface area contributed by atoms with Gasteiger partial charge in [-0.1, -0.05) is 18.2 Å². The lowest BCUT2D eigenvalue weighted by molar-refractivity contribution is 0.00691. The molecule has 6 nitrogen and oxygen atoms in total. The number of hydrogen-bond acceptors (Lipinski definition) is 6. The first-order chi connectivity index (χ1) is 13.6. The Morgan fingerprint density at radius 2 is 1.79 bits per heavy atom. The van der Waals surface area contributed by atoms with E-state index in [9.17, 15) is 13.2 Å². The summed E-state index contributed by atoms with van der Waals surface area (Å²) in [5.74, 6) is 0.286. The molecule has 2 saturated carbocycles. The van der Waals surface area contributed by atoms with Crippen LogP contribution in [-0.2, 0) is 14.6 Å². The monoisotopic (exact) mass is 414 g/mol. The first-order valence-electron chi connectivity index (χ1n) is 9.99. The van der Waals surface area contributed by atoms with Crippen LogP contribution in [0.15, 0.2) is 41.4 Å². The second kappa shape index (κ2) is 7.13. The number of aromatic nitrogens is 1. The van der Waals surface area contributed by atoms with E-state index in [0.29, 0.717) is 24.6 Å². The van der Waals surface area contributed by atoms with Gasteiger partial charge in [0.05, 0.1) is 10.8 Å². The third-order valence-electron chi connectivity index (χ3n) is 4.93. The zero-order valence-electron chi connectivity index (χ0n) is 16.9. The molecule has 0 amide bonds. The molecular formula is C22H26N2O4S. The summed E-state index contributed by atoms with van der Waals surface area (Å²) in [4.78, 5) is 17.0. The van der Waals surface area contributed by atoms with Crippen LogP contribution in [0, 0.1) is 0 Å². The predicted octanol–water partition coefficient (Wildman–Crippen LogP) is 4.59. The van der Waals surface area contributed by atoms with Gasteiger partial charge in [-0.25, -0.2) is 18.2 Å². The van der Waals surface area contributed by atoms with Gasteiger partial charge in [-0.15, -0.1) is 0 Å². The van der Waals surface area contributed by atoms with E-state index in [4.69, 9.17) is 4.74 Å². The van der Waals surface area contributed by atoms with Gasteiger partial charge in [0.15, 0.2) is 14.9 Å². The fourth-order valence-electron chi connectivity index (χ4n) is 3.22. The quantitative estimate of drug-likeness (QED) is 0.696. The summed E-state index contributed by atoms with van der Waals surface area (Å²) in [6, 6.07) is 10.8. The number of para-hydroxylation sites is 1. The van der Waals surface area contributed by atoms with Gasteiger partial charge in [0.1, 0.15) is 11.4 Å². The van der Waals surface area contributed by atoms with Crippen molar-refractivity contribution in [3.8, 4) is 0 Å². The predicted molar refractivity (Wildman–Crippen MR) is 111 cm³/mol. The van der Waals surface area contributed by atoms with Crippen molar-refractivity contribution < 1.29 is 17.9 Å². The number of sulfone groups is 1. The molecule has 0 unspecified atom stereocenters. The number of anilines is 2. The smallest absolute Gasteiger partial charge is 0.338 e. The summed E-state index contributed by atoms with van der Waals surface area (Å²) < 4.78 is 31.1. The van der Waals surface area contributed by atoms with Crippen LogP contribution in [0.1, 0.15) is 68.3 Å². The fourth-order valence-corrected chi connectivity index (χ4v) is 4.83. The summed E-state index contributed by atoms with van der Waals surface area (Å²) >= 11 is 0. The first-order valence-corrected chi connectivity index (χ1v) is 11.5. The average Bonchev–Trinajstić information content (AvgIpc) is 3.53. The van der Waals surface area contributed by atoms with Crippen LogP contribution in [0.5, 0.6) is 0 Å². The van der Waals surface area contributed by atoms with Crippen molar-refractivity contribution in [3.63, 3.8) is 0 Å². The molecule has 1 N–H and O–H groups in total. The largest absolute Gasteiger partial charge is 0.456 e. The summed E-state index contributed by atoms with van der Waals surface area (Å²) in [7, 11) is -3.55. The molecule has 1 heterocycles.